The highest BCUT2D eigenvalue weighted by Crippen LogP contribution is 2.33. The van der Waals surface area contributed by atoms with Gasteiger partial charge in [-0.05, 0) is 24.3 Å². The lowest BCUT2D eigenvalue weighted by molar-refractivity contribution is 0.415. The average Bonchev–Trinajstić information content (AvgIpc) is 2.33. The fourth-order valence-electron chi connectivity index (χ4n) is 1.55. The Morgan fingerprint density at radius 2 is 1.82 bits per heavy atom. The topological polar surface area (TPSA) is 9.23 Å². The van der Waals surface area contributed by atoms with Crippen molar-refractivity contribution in [3.05, 3.63) is 53.1 Å². The van der Waals surface area contributed by atoms with Crippen LogP contribution >= 0.6 is 11.6 Å². The van der Waals surface area contributed by atoms with Gasteiger partial charge in [-0.25, -0.2) is 8.78 Å². The van der Waals surface area contributed by atoms with Crippen LogP contribution in [0.2, 0.25) is 5.02 Å². The third-order valence-electron chi connectivity index (χ3n) is 2.42. The van der Waals surface area contributed by atoms with E-state index in [-0.39, 0.29) is 5.56 Å². The molecule has 1 nitrogen and oxygen atoms in total. The summed E-state index contributed by atoms with van der Waals surface area (Å²) in [4.78, 5) is 0. The third-order valence-corrected chi connectivity index (χ3v) is 2.73. The lowest BCUT2D eigenvalue weighted by Gasteiger charge is -2.08. The lowest BCUT2D eigenvalue weighted by Crippen LogP contribution is -1.90. The molecule has 0 fully saturated rings. The molecule has 0 atom stereocenters. The van der Waals surface area contributed by atoms with E-state index in [1.165, 1.54) is 19.2 Å². The summed E-state index contributed by atoms with van der Waals surface area (Å²) < 4.78 is 31.7. The fraction of sp³-hybridized carbons (Fsp3) is 0.0769. The molecule has 0 aromatic heterocycles. The van der Waals surface area contributed by atoms with E-state index in [2.05, 4.69) is 0 Å². The van der Waals surface area contributed by atoms with Gasteiger partial charge in [-0.2, -0.15) is 0 Å². The Hall–Kier alpha value is -1.61. The highest BCUT2D eigenvalue weighted by Gasteiger charge is 2.12. The number of hydrogen-bond donors (Lipinski definition) is 0. The highest BCUT2D eigenvalue weighted by molar-refractivity contribution is 6.33. The lowest BCUT2D eigenvalue weighted by atomic mass is 10.0. The molecule has 0 bridgehead atoms. The molecule has 2 aromatic rings. The monoisotopic (exact) mass is 254 g/mol. The molecular formula is C13H9ClF2O. The fourth-order valence-corrected chi connectivity index (χ4v) is 1.83. The van der Waals surface area contributed by atoms with Crippen LogP contribution < -0.4 is 4.74 Å². The van der Waals surface area contributed by atoms with Gasteiger partial charge in [0.25, 0.3) is 0 Å². The van der Waals surface area contributed by atoms with Crippen LogP contribution in [-0.2, 0) is 0 Å². The van der Waals surface area contributed by atoms with Crippen LogP contribution in [0.4, 0.5) is 8.78 Å². The zero-order chi connectivity index (χ0) is 12.4. The van der Waals surface area contributed by atoms with Crippen molar-refractivity contribution in [1.82, 2.24) is 0 Å². The second-order valence-electron chi connectivity index (χ2n) is 3.45. The molecule has 4 heteroatoms. The maximum absolute atomic E-state index is 13.6. The molecule has 0 amide bonds. The molecule has 0 unspecified atom stereocenters. The minimum Gasteiger partial charge on any atom is -0.497 e. The first-order chi connectivity index (χ1) is 8.13. The Morgan fingerprint density at radius 3 is 2.47 bits per heavy atom. The number of halogens is 3. The molecule has 0 aliphatic heterocycles. The van der Waals surface area contributed by atoms with Crippen LogP contribution in [0.5, 0.6) is 5.75 Å². The van der Waals surface area contributed by atoms with Crippen LogP contribution in [-0.4, -0.2) is 7.11 Å². The van der Waals surface area contributed by atoms with Gasteiger partial charge < -0.3 is 4.74 Å². The molecule has 0 spiro atoms. The quantitative estimate of drug-likeness (QED) is 0.777. The van der Waals surface area contributed by atoms with Crippen LogP contribution in [0.25, 0.3) is 11.1 Å². The van der Waals surface area contributed by atoms with Crippen molar-refractivity contribution in [2.24, 2.45) is 0 Å². The summed E-state index contributed by atoms with van der Waals surface area (Å²) >= 11 is 6.00. The minimum atomic E-state index is -0.903. The molecule has 0 heterocycles. The second kappa shape index (κ2) is 4.72. The van der Waals surface area contributed by atoms with E-state index < -0.39 is 11.6 Å². The van der Waals surface area contributed by atoms with Crippen LogP contribution in [0.3, 0.4) is 0 Å². The van der Waals surface area contributed by atoms with Crippen molar-refractivity contribution in [3.8, 4) is 16.9 Å². The first-order valence-electron chi connectivity index (χ1n) is 4.91. The number of ether oxygens (including phenoxy) is 1. The SMILES string of the molecule is COc1ccc(-c2cccc(F)c2F)c(Cl)c1. The number of rotatable bonds is 2. The predicted octanol–water partition coefficient (Wildman–Crippen LogP) is 4.29. The molecule has 17 heavy (non-hydrogen) atoms. The Balaban J connectivity index is 2.57. The van der Waals surface area contributed by atoms with E-state index in [0.29, 0.717) is 16.3 Å². The molecular weight excluding hydrogens is 246 g/mol. The highest BCUT2D eigenvalue weighted by atomic mass is 35.5. The van der Waals surface area contributed by atoms with Crippen molar-refractivity contribution >= 4 is 11.6 Å². The van der Waals surface area contributed by atoms with E-state index >= 15 is 0 Å². The maximum atomic E-state index is 13.6. The largest absolute Gasteiger partial charge is 0.497 e. The van der Waals surface area contributed by atoms with Gasteiger partial charge in [-0.1, -0.05) is 23.7 Å². The average molecular weight is 255 g/mol. The summed E-state index contributed by atoms with van der Waals surface area (Å²) in [6, 6.07) is 8.78. The summed E-state index contributed by atoms with van der Waals surface area (Å²) in [6.45, 7) is 0. The van der Waals surface area contributed by atoms with Gasteiger partial charge in [0.15, 0.2) is 11.6 Å². The number of hydrogen-bond acceptors (Lipinski definition) is 1. The van der Waals surface area contributed by atoms with Crippen LogP contribution in [0.1, 0.15) is 0 Å². The van der Waals surface area contributed by atoms with Crippen molar-refractivity contribution in [2.45, 2.75) is 0 Å². The molecule has 0 radical (unpaired) electrons. The molecule has 2 aromatic carbocycles. The van der Waals surface area contributed by atoms with Gasteiger partial charge in [-0.3, -0.25) is 0 Å². The van der Waals surface area contributed by atoms with Crippen molar-refractivity contribution in [3.63, 3.8) is 0 Å². The van der Waals surface area contributed by atoms with Crippen LogP contribution in [0, 0.1) is 11.6 Å². The first kappa shape index (κ1) is 11.9. The Bertz CT molecular complexity index is 555. The predicted molar refractivity (Wildman–Crippen MR) is 63.4 cm³/mol. The minimum absolute atomic E-state index is 0.137. The third kappa shape index (κ3) is 2.24. The van der Waals surface area contributed by atoms with E-state index in [0.717, 1.165) is 6.07 Å². The van der Waals surface area contributed by atoms with E-state index in [4.69, 9.17) is 16.3 Å². The molecule has 0 saturated heterocycles. The van der Waals surface area contributed by atoms with Crippen molar-refractivity contribution in [1.29, 1.82) is 0 Å². The van der Waals surface area contributed by atoms with Crippen molar-refractivity contribution in [2.75, 3.05) is 7.11 Å². The first-order valence-corrected chi connectivity index (χ1v) is 5.29. The van der Waals surface area contributed by atoms with Gasteiger partial charge >= 0.3 is 0 Å². The van der Waals surface area contributed by atoms with Gasteiger partial charge in [-0.15, -0.1) is 0 Å². The van der Waals surface area contributed by atoms with E-state index in [1.807, 2.05) is 0 Å². The zero-order valence-corrected chi connectivity index (χ0v) is 9.76. The Labute approximate surface area is 103 Å². The Kier molecular flexibility index (Phi) is 3.29. The molecule has 0 saturated carbocycles. The summed E-state index contributed by atoms with van der Waals surface area (Å²) in [6.07, 6.45) is 0. The molecule has 0 aliphatic carbocycles. The molecule has 0 aliphatic rings. The van der Waals surface area contributed by atoms with E-state index in [9.17, 15) is 8.78 Å². The number of methoxy groups -OCH3 is 1. The summed E-state index contributed by atoms with van der Waals surface area (Å²) in [5, 5.41) is 0.314. The molecule has 0 N–H and O–H groups in total. The Morgan fingerprint density at radius 1 is 1.06 bits per heavy atom. The summed E-state index contributed by atoms with van der Waals surface area (Å²) in [7, 11) is 1.51. The van der Waals surface area contributed by atoms with Gasteiger partial charge in [0, 0.05) is 11.1 Å². The smallest absolute Gasteiger partial charge is 0.166 e. The van der Waals surface area contributed by atoms with Gasteiger partial charge in [0.05, 0.1) is 12.1 Å². The zero-order valence-electron chi connectivity index (χ0n) is 9.01. The summed E-state index contributed by atoms with van der Waals surface area (Å²) in [5.74, 6) is -1.23. The maximum Gasteiger partial charge on any atom is 0.166 e. The number of benzene rings is 2. The summed E-state index contributed by atoms with van der Waals surface area (Å²) in [5.41, 5.74) is 0.571. The normalized spacial score (nSPS) is 10.4. The molecule has 2 rings (SSSR count). The van der Waals surface area contributed by atoms with Crippen LogP contribution in [0.15, 0.2) is 36.4 Å². The van der Waals surface area contributed by atoms with E-state index in [1.54, 1.807) is 18.2 Å². The van der Waals surface area contributed by atoms with Gasteiger partial charge in [0.2, 0.25) is 0 Å². The van der Waals surface area contributed by atoms with Crippen molar-refractivity contribution < 1.29 is 13.5 Å². The second-order valence-corrected chi connectivity index (χ2v) is 3.85. The molecule has 88 valence electrons. The standard InChI is InChI=1S/C13H9ClF2O/c1-17-8-5-6-9(11(14)7-8)10-3-2-4-12(15)13(10)16/h2-7H,1H3. The van der Waals surface area contributed by atoms with Gasteiger partial charge in [0.1, 0.15) is 5.75 Å².